The molecule has 110 valence electrons. The lowest BCUT2D eigenvalue weighted by Crippen LogP contribution is -2.15. The van der Waals surface area contributed by atoms with Gasteiger partial charge in [0, 0.05) is 11.0 Å². The SMILES string of the molecule is NCCn1cc(C(=O)Nc2cc(Br)ccc2C(=O)O)nn1. The maximum Gasteiger partial charge on any atom is 0.337 e. The van der Waals surface area contributed by atoms with Crippen molar-refractivity contribution in [2.45, 2.75) is 6.54 Å². The van der Waals surface area contributed by atoms with E-state index in [1.54, 1.807) is 6.07 Å². The Morgan fingerprint density at radius 1 is 1.43 bits per heavy atom. The monoisotopic (exact) mass is 353 g/mol. The van der Waals surface area contributed by atoms with Crippen LogP contribution < -0.4 is 11.1 Å². The molecule has 0 saturated carbocycles. The van der Waals surface area contributed by atoms with E-state index in [0.29, 0.717) is 17.6 Å². The van der Waals surface area contributed by atoms with Gasteiger partial charge in [0.2, 0.25) is 0 Å². The highest BCUT2D eigenvalue weighted by molar-refractivity contribution is 9.10. The van der Waals surface area contributed by atoms with Gasteiger partial charge in [-0.3, -0.25) is 9.48 Å². The number of rotatable bonds is 5. The summed E-state index contributed by atoms with van der Waals surface area (Å²) in [7, 11) is 0. The molecule has 0 unspecified atom stereocenters. The van der Waals surface area contributed by atoms with Gasteiger partial charge in [-0.05, 0) is 18.2 Å². The number of carboxylic acids is 1. The fourth-order valence-electron chi connectivity index (χ4n) is 1.64. The summed E-state index contributed by atoms with van der Waals surface area (Å²) in [4.78, 5) is 23.2. The van der Waals surface area contributed by atoms with Crippen molar-refractivity contribution in [3.05, 3.63) is 40.1 Å². The van der Waals surface area contributed by atoms with Crippen molar-refractivity contribution in [3.63, 3.8) is 0 Å². The highest BCUT2D eigenvalue weighted by Crippen LogP contribution is 2.22. The Balaban J connectivity index is 2.22. The molecular formula is C12H12BrN5O3. The molecule has 1 amide bonds. The second-order valence-electron chi connectivity index (χ2n) is 4.10. The summed E-state index contributed by atoms with van der Waals surface area (Å²) in [6.45, 7) is 0.816. The van der Waals surface area contributed by atoms with Crippen LogP contribution in [0.4, 0.5) is 5.69 Å². The third kappa shape index (κ3) is 3.64. The summed E-state index contributed by atoms with van der Waals surface area (Å²) >= 11 is 3.23. The predicted molar refractivity (Wildman–Crippen MR) is 78.1 cm³/mol. The largest absolute Gasteiger partial charge is 0.478 e. The van der Waals surface area contributed by atoms with Crippen LogP contribution in [0.25, 0.3) is 0 Å². The molecule has 0 aliphatic rings. The highest BCUT2D eigenvalue weighted by atomic mass is 79.9. The van der Waals surface area contributed by atoms with Crippen LogP contribution in [-0.4, -0.2) is 38.5 Å². The minimum atomic E-state index is -1.13. The van der Waals surface area contributed by atoms with Crippen molar-refractivity contribution in [1.82, 2.24) is 15.0 Å². The topological polar surface area (TPSA) is 123 Å². The van der Waals surface area contributed by atoms with E-state index in [0.717, 1.165) is 0 Å². The maximum absolute atomic E-state index is 12.1. The van der Waals surface area contributed by atoms with Crippen LogP contribution in [-0.2, 0) is 6.54 Å². The third-order valence-corrected chi connectivity index (χ3v) is 3.08. The first kappa shape index (κ1) is 15.1. The molecule has 1 aromatic heterocycles. The quantitative estimate of drug-likeness (QED) is 0.735. The standard InChI is InChI=1S/C12H12BrN5O3/c13-7-1-2-8(12(20)21)9(5-7)15-11(19)10-6-18(4-3-14)17-16-10/h1-2,5-6H,3-4,14H2,(H,15,19)(H,20,21). The summed E-state index contributed by atoms with van der Waals surface area (Å²) < 4.78 is 2.09. The molecule has 0 radical (unpaired) electrons. The van der Waals surface area contributed by atoms with Gasteiger partial charge >= 0.3 is 5.97 Å². The minimum absolute atomic E-state index is 0.0131. The number of aromatic nitrogens is 3. The van der Waals surface area contributed by atoms with Crippen LogP contribution in [0.15, 0.2) is 28.9 Å². The van der Waals surface area contributed by atoms with Gasteiger partial charge in [0.05, 0.1) is 24.0 Å². The molecule has 0 aliphatic carbocycles. The summed E-state index contributed by atoms with van der Waals surface area (Å²) in [6.07, 6.45) is 1.45. The fraction of sp³-hybridized carbons (Fsp3) is 0.167. The van der Waals surface area contributed by atoms with Crippen molar-refractivity contribution in [1.29, 1.82) is 0 Å². The van der Waals surface area contributed by atoms with E-state index in [4.69, 9.17) is 10.8 Å². The van der Waals surface area contributed by atoms with Crippen molar-refractivity contribution in [2.75, 3.05) is 11.9 Å². The summed E-state index contributed by atoms with van der Waals surface area (Å²) in [6, 6.07) is 4.48. The molecule has 1 heterocycles. The summed E-state index contributed by atoms with van der Waals surface area (Å²) in [5, 5.41) is 19.1. The van der Waals surface area contributed by atoms with Crippen molar-refractivity contribution in [3.8, 4) is 0 Å². The molecule has 21 heavy (non-hydrogen) atoms. The van der Waals surface area contributed by atoms with E-state index in [-0.39, 0.29) is 16.9 Å². The zero-order chi connectivity index (χ0) is 15.4. The Kier molecular flexibility index (Phi) is 4.66. The number of carbonyl (C=O) groups excluding carboxylic acids is 1. The van der Waals surface area contributed by atoms with Gasteiger partial charge in [-0.2, -0.15) is 0 Å². The number of carbonyl (C=O) groups is 2. The van der Waals surface area contributed by atoms with Gasteiger partial charge < -0.3 is 16.2 Å². The molecule has 0 bridgehead atoms. The molecule has 0 saturated heterocycles. The van der Waals surface area contributed by atoms with Gasteiger partial charge in [0.15, 0.2) is 5.69 Å². The van der Waals surface area contributed by atoms with E-state index < -0.39 is 11.9 Å². The van der Waals surface area contributed by atoms with Crippen LogP contribution >= 0.6 is 15.9 Å². The average molecular weight is 354 g/mol. The zero-order valence-electron chi connectivity index (χ0n) is 10.8. The van der Waals surface area contributed by atoms with E-state index >= 15 is 0 Å². The highest BCUT2D eigenvalue weighted by Gasteiger charge is 2.16. The van der Waals surface area contributed by atoms with Crippen LogP contribution in [0.2, 0.25) is 0 Å². The normalized spacial score (nSPS) is 10.4. The third-order valence-electron chi connectivity index (χ3n) is 2.59. The summed E-state index contributed by atoms with van der Waals surface area (Å²) in [5.41, 5.74) is 5.63. The number of hydrogen-bond donors (Lipinski definition) is 3. The first-order chi connectivity index (χ1) is 10.0. The molecule has 1 aromatic carbocycles. The van der Waals surface area contributed by atoms with Crippen LogP contribution in [0.5, 0.6) is 0 Å². The summed E-state index contributed by atoms with van der Waals surface area (Å²) in [5.74, 6) is -1.68. The molecule has 2 aromatic rings. The molecule has 4 N–H and O–H groups in total. The van der Waals surface area contributed by atoms with Crippen LogP contribution in [0.3, 0.4) is 0 Å². The number of nitrogens with one attached hydrogen (secondary N) is 1. The van der Waals surface area contributed by atoms with Crippen molar-refractivity contribution < 1.29 is 14.7 Å². The van der Waals surface area contributed by atoms with Gasteiger partial charge in [-0.1, -0.05) is 21.1 Å². The van der Waals surface area contributed by atoms with Crippen molar-refractivity contribution in [2.24, 2.45) is 5.73 Å². The number of amides is 1. The molecule has 2 rings (SSSR count). The predicted octanol–water partition coefficient (Wildman–Crippen LogP) is 0.950. The van der Waals surface area contributed by atoms with Crippen molar-refractivity contribution >= 4 is 33.5 Å². The van der Waals surface area contributed by atoms with Gasteiger partial charge in [0.1, 0.15) is 0 Å². The Bertz CT molecular complexity index is 685. The number of nitrogens with zero attached hydrogens (tertiary/aromatic N) is 3. The molecule has 0 aliphatic heterocycles. The number of aromatic carboxylic acids is 1. The van der Waals surface area contributed by atoms with Crippen LogP contribution in [0.1, 0.15) is 20.8 Å². The minimum Gasteiger partial charge on any atom is -0.478 e. The second-order valence-corrected chi connectivity index (χ2v) is 5.02. The number of anilines is 1. The molecule has 9 heteroatoms. The Hall–Kier alpha value is -2.26. The van der Waals surface area contributed by atoms with E-state index in [2.05, 4.69) is 31.6 Å². The van der Waals surface area contributed by atoms with Gasteiger partial charge in [-0.25, -0.2) is 4.79 Å². The number of halogens is 1. The average Bonchev–Trinajstić information content (AvgIpc) is 2.87. The lowest BCUT2D eigenvalue weighted by molar-refractivity contribution is 0.0698. The van der Waals surface area contributed by atoms with E-state index in [1.807, 2.05) is 0 Å². The molecule has 0 fully saturated rings. The number of carboxylic acid groups (broad SMARTS) is 1. The number of benzene rings is 1. The van der Waals surface area contributed by atoms with E-state index in [1.165, 1.54) is 23.0 Å². The Morgan fingerprint density at radius 3 is 2.86 bits per heavy atom. The zero-order valence-corrected chi connectivity index (χ0v) is 12.4. The molecule has 8 nitrogen and oxygen atoms in total. The number of hydrogen-bond acceptors (Lipinski definition) is 5. The Labute approximate surface area is 128 Å². The lowest BCUT2D eigenvalue weighted by Gasteiger charge is -2.07. The molecular weight excluding hydrogens is 342 g/mol. The fourth-order valence-corrected chi connectivity index (χ4v) is 2.00. The maximum atomic E-state index is 12.1. The first-order valence-corrected chi connectivity index (χ1v) is 6.75. The second kappa shape index (κ2) is 6.46. The lowest BCUT2D eigenvalue weighted by atomic mass is 10.2. The van der Waals surface area contributed by atoms with Gasteiger partial charge in [0.25, 0.3) is 5.91 Å². The molecule has 0 atom stereocenters. The first-order valence-electron chi connectivity index (χ1n) is 5.95. The van der Waals surface area contributed by atoms with Gasteiger partial charge in [-0.15, -0.1) is 5.10 Å². The Morgan fingerprint density at radius 2 is 2.19 bits per heavy atom. The van der Waals surface area contributed by atoms with Crippen LogP contribution in [0, 0.1) is 0 Å². The number of nitrogens with two attached hydrogens (primary N) is 1. The smallest absolute Gasteiger partial charge is 0.337 e. The van der Waals surface area contributed by atoms with E-state index in [9.17, 15) is 9.59 Å². The molecule has 0 spiro atoms.